The predicted molar refractivity (Wildman–Crippen MR) is 98.6 cm³/mol. The number of H-pyrrole nitrogens is 1. The number of benzene rings is 2. The monoisotopic (exact) mass is 403 g/mol. The summed E-state index contributed by atoms with van der Waals surface area (Å²) < 4.78 is 6.02. The Labute approximate surface area is 153 Å². The molecular formula is C18H18BrN3O3. The second kappa shape index (κ2) is 7.67. The zero-order valence-corrected chi connectivity index (χ0v) is 15.3. The van der Waals surface area contributed by atoms with Crippen LogP contribution in [0.3, 0.4) is 0 Å². The minimum atomic E-state index is -0.228. The first-order valence-corrected chi connectivity index (χ1v) is 8.58. The van der Waals surface area contributed by atoms with Gasteiger partial charge in [0, 0.05) is 22.9 Å². The maximum absolute atomic E-state index is 12.9. The van der Waals surface area contributed by atoms with Crippen LogP contribution in [0.1, 0.15) is 16.1 Å². The van der Waals surface area contributed by atoms with Crippen LogP contribution < -0.4 is 4.74 Å². The second-order valence-electron chi connectivity index (χ2n) is 5.56. The molecular weight excluding hydrogens is 386 g/mol. The summed E-state index contributed by atoms with van der Waals surface area (Å²) in [4.78, 5) is 14.5. The highest BCUT2D eigenvalue weighted by atomic mass is 79.9. The van der Waals surface area contributed by atoms with Crippen molar-refractivity contribution in [3.8, 4) is 5.75 Å². The molecule has 1 heterocycles. The van der Waals surface area contributed by atoms with Gasteiger partial charge in [-0.25, -0.2) is 0 Å². The van der Waals surface area contributed by atoms with E-state index in [4.69, 9.17) is 4.74 Å². The summed E-state index contributed by atoms with van der Waals surface area (Å²) in [7, 11) is 1.61. The highest BCUT2D eigenvalue weighted by molar-refractivity contribution is 9.10. The molecule has 0 saturated carbocycles. The summed E-state index contributed by atoms with van der Waals surface area (Å²) in [6, 6.07) is 13.1. The Morgan fingerprint density at radius 1 is 1.28 bits per heavy atom. The van der Waals surface area contributed by atoms with E-state index in [9.17, 15) is 9.90 Å². The van der Waals surface area contributed by atoms with Crippen LogP contribution in [0.4, 0.5) is 0 Å². The number of methoxy groups -OCH3 is 1. The summed E-state index contributed by atoms with van der Waals surface area (Å²) in [5.74, 6) is 0.529. The molecule has 0 radical (unpaired) electrons. The van der Waals surface area contributed by atoms with Gasteiger partial charge in [0.15, 0.2) is 5.69 Å². The molecule has 25 heavy (non-hydrogen) atoms. The molecule has 0 saturated heterocycles. The lowest BCUT2D eigenvalue weighted by Crippen LogP contribution is -2.33. The molecule has 0 aliphatic heterocycles. The molecule has 0 aliphatic rings. The number of nitrogens with zero attached hydrogens (tertiary/aromatic N) is 2. The average molecular weight is 404 g/mol. The SMILES string of the molecule is COc1ccc(CN(CCO)C(=O)c2n[nH]c3ccc(Br)cc23)cc1. The van der Waals surface area contributed by atoms with Crippen molar-refractivity contribution in [2.45, 2.75) is 6.54 Å². The first-order chi connectivity index (χ1) is 12.1. The van der Waals surface area contributed by atoms with E-state index in [1.807, 2.05) is 42.5 Å². The fraction of sp³-hybridized carbons (Fsp3) is 0.222. The quantitative estimate of drug-likeness (QED) is 0.662. The number of nitrogens with one attached hydrogen (secondary N) is 1. The van der Waals surface area contributed by atoms with Gasteiger partial charge >= 0.3 is 0 Å². The van der Waals surface area contributed by atoms with E-state index in [-0.39, 0.29) is 19.1 Å². The van der Waals surface area contributed by atoms with Crippen LogP contribution in [0.5, 0.6) is 5.75 Å². The Kier molecular flexibility index (Phi) is 5.35. The molecule has 0 spiro atoms. The summed E-state index contributed by atoms with van der Waals surface area (Å²) in [6.45, 7) is 0.493. The van der Waals surface area contributed by atoms with Gasteiger partial charge in [-0.15, -0.1) is 0 Å². The third kappa shape index (κ3) is 3.83. The number of aliphatic hydroxyl groups excluding tert-OH is 1. The zero-order valence-electron chi connectivity index (χ0n) is 13.7. The topological polar surface area (TPSA) is 78.5 Å². The van der Waals surface area contributed by atoms with E-state index in [0.717, 1.165) is 26.7 Å². The Bertz CT molecular complexity index is 877. The van der Waals surface area contributed by atoms with E-state index in [1.54, 1.807) is 12.0 Å². The van der Waals surface area contributed by atoms with Crippen LogP contribution >= 0.6 is 15.9 Å². The number of carbonyl (C=O) groups excluding carboxylic acids is 1. The number of aromatic amines is 1. The summed E-state index contributed by atoms with van der Waals surface area (Å²) in [5.41, 5.74) is 2.09. The molecule has 1 aromatic heterocycles. The van der Waals surface area contributed by atoms with E-state index in [0.29, 0.717) is 12.2 Å². The molecule has 0 fully saturated rings. The van der Waals surface area contributed by atoms with Crippen molar-refractivity contribution in [1.29, 1.82) is 0 Å². The Morgan fingerprint density at radius 3 is 2.72 bits per heavy atom. The van der Waals surface area contributed by atoms with Crippen molar-refractivity contribution in [2.24, 2.45) is 0 Å². The third-order valence-electron chi connectivity index (χ3n) is 3.92. The van der Waals surface area contributed by atoms with Crippen LogP contribution in [-0.2, 0) is 6.54 Å². The van der Waals surface area contributed by atoms with E-state index in [2.05, 4.69) is 26.1 Å². The minimum absolute atomic E-state index is 0.117. The molecule has 3 rings (SSSR count). The fourth-order valence-electron chi connectivity index (χ4n) is 2.62. The highest BCUT2D eigenvalue weighted by Crippen LogP contribution is 2.23. The molecule has 2 N–H and O–H groups in total. The van der Waals surface area contributed by atoms with Gasteiger partial charge in [-0.1, -0.05) is 28.1 Å². The number of aromatic nitrogens is 2. The predicted octanol–water partition coefficient (Wildman–Crippen LogP) is 2.97. The van der Waals surface area contributed by atoms with E-state index < -0.39 is 0 Å². The summed E-state index contributed by atoms with van der Waals surface area (Å²) in [5, 5.41) is 17.1. The van der Waals surface area contributed by atoms with Crippen LogP contribution in [0.2, 0.25) is 0 Å². The maximum atomic E-state index is 12.9. The second-order valence-corrected chi connectivity index (χ2v) is 6.48. The maximum Gasteiger partial charge on any atom is 0.275 e. The van der Waals surface area contributed by atoms with Crippen molar-refractivity contribution in [3.05, 3.63) is 58.2 Å². The van der Waals surface area contributed by atoms with Gasteiger partial charge in [-0.2, -0.15) is 5.10 Å². The fourth-order valence-corrected chi connectivity index (χ4v) is 2.98. The van der Waals surface area contributed by atoms with Crippen molar-refractivity contribution in [2.75, 3.05) is 20.3 Å². The highest BCUT2D eigenvalue weighted by Gasteiger charge is 2.21. The lowest BCUT2D eigenvalue weighted by Gasteiger charge is -2.21. The number of ether oxygens (including phenoxy) is 1. The van der Waals surface area contributed by atoms with Crippen molar-refractivity contribution < 1.29 is 14.6 Å². The lowest BCUT2D eigenvalue weighted by atomic mass is 10.1. The summed E-state index contributed by atoms with van der Waals surface area (Å²) in [6.07, 6.45) is 0. The molecule has 0 bridgehead atoms. The van der Waals surface area contributed by atoms with Gasteiger partial charge in [0.2, 0.25) is 0 Å². The van der Waals surface area contributed by atoms with Crippen molar-refractivity contribution >= 4 is 32.7 Å². The number of hydrogen-bond acceptors (Lipinski definition) is 4. The average Bonchev–Trinajstić information content (AvgIpc) is 3.04. The van der Waals surface area contributed by atoms with Gasteiger partial charge in [-0.3, -0.25) is 9.89 Å². The molecule has 7 heteroatoms. The van der Waals surface area contributed by atoms with Crippen molar-refractivity contribution in [3.63, 3.8) is 0 Å². The molecule has 0 aliphatic carbocycles. The molecule has 6 nitrogen and oxygen atoms in total. The van der Waals surface area contributed by atoms with Crippen LogP contribution in [0.15, 0.2) is 46.9 Å². The van der Waals surface area contributed by atoms with E-state index >= 15 is 0 Å². The number of halogens is 1. The molecule has 1 amide bonds. The normalized spacial score (nSPS) is 10.8. The standard InChI is InChI=1S/C18H18BrN3O3/c1-25-14-5-2-12(3-6-14)11-22(8-9-23)18(24)17-15-10-13(19)4-7-16(15)20-21-17/h2-7,10,23H,8-9,11H2,1H3,(H,20,21). The third-order valence-corrected chi connectivity index (χ3v) is 4.41. The molecule has 2 aromatic carbocycles. The minimum Gasteiger partial charge on any atom is -0.497 e. The Balaban J connectivity index is 1.87. The summed E-state index contributed by atoms with van der Waals surface area (Å²) >= 11 is 3.42. The number of fused-ring (bicyclic) bond motifs is 1. The molecule has 0 unspecified atom stereocenters. The Hall–Kier alpha value is -2.38. The molecule has 0 atom stereocenters. The first kappa shape index (κ1) is 17.4. The van der Waals surface area contributed by atoms with Gasteiger partial charge in [-0.05, 0) is 35.9 Å². The number of rotatable bonds is 6. The number of hydrogen-bond donors (Lipinski definition) is 2. The Morgan fingerprint density at radius 2 is 2.04 bits per heavy atom. The number of aliphatic hydroxyl groups is 1. The number of carbonyl (C=O) groups is 1. The number of amides is 1. The first-order valence-electron chi connectivity index (χ1n) is 7.79. The lowest BCUT2D eigenvalue weighted by molar-refractivity contribution is 0.0704. The van der Waals surface area contributed by atoms with Crippen LogP contribution in [0, 0.1) is 0 Å². The van der Waals surface area contributed by atoms with E-state index in [1.165, 1.54) is 0 Å². The van der Waals surface area contributed by atoms with Gasteiger partial charge in [0.05, 0.1) is 19.2 Å². The molecule has 130 valence electrons. The van der Waals surface area contributed by atoms with Crippen LogP contribution in [-0.4, -0.2) is 46.4 Å². The largest absolute Gasteiger partial charge is 0.497 e. The van der Waals surface area contributed by atoms with Gasteiger partial charge in [0.25, 0.3) is 5.91 Å². The van der Waals surface area contributed by atoms with Crippen LogP contribution in [0.25, 0.3) is 10.9 Å². The molecule has 3 aromatic rings. The van der Waals surface area contributed by atoms with Gasteiger partial charge in [0.1, 0.15) is 5.75 Å². The van der Waals surface area contributed by atoms with Crippen molar-refractivity contribution in [1.82, 2.24) is 15.1 Å². The van der Waals surface area contributed by atoms with Gasteiger partial charge < -0.3 is 14.7 Å². The smallest absolute Gasteiger partial charge is 0.275 e. The zero-order chi connectivity index (χ0) is 17.8.